The average molecular weight is 288 g/mol. The van der Waals surface area contributed by atoms with Crippen molar-refractivity contribution in [3.05, 3.63) is 23.8 Å². The standard InChI is InChI=1S/C15H20N4O2/c1-18(2)10-6-8-19(9-7-10)15-17-13-11(14(16)20)4-3-5-12(13)21-15/h3-5,10H,6-9H2,1-2H3,(H2,16,20). The average Bonchev–Trinajstić information content (AvgIpc) is 2.90. The quantitative estimate of drug-likeness (QED) is 0.925. The Balaban J connectivity index is 1.86. The molecular formula is C15H20N4O2. The molecule has 1 saturated heterocycles. The number of fused-ring (bicyclic) bond motifs is 1. The van der Waals surface area contributed by atoms with Crippen molar-refractivity contribution in [3.63, 3.8) is 0 Å². The highest BCUT2D eigenvalue weighted by molar-refractivity contribution is 6.03. The van der Waals surface area contributed by atoms with Gasteiger partial charge in [-0.05, 0) is 39.1 Å². The smallest absolute Gasteiger partial charge is 0.298 e. The van der Waals surface area contributed by atoms with E-state index in [9.17, 15) is 4.79 Å². The number of carbonyl (C=O) groups is 1. The van der Waals surface area contributed by atoms with E-state index in [1.54, 1.807) is 12.1 Å². The van der Waals surface area contributed by atoms with E-state index in [2.05, 4.69) is 28.9 Å². The summed E-state index contributed by atoms with van der Waals surface area (Å²) < 4.78 is 5.79. The molecule has 2 aromatic rings. The number of rotatable bonds is 3. The summed E-state index contributed by atoms with van der Waals surface area (Å²) in [5.74, 6) is -0.480. The zero-order chi connectivity index (χ0) is 15.0. The molecule has 21 heavy (non-hydrogen) atoms. The van der Waals surface area contributed by atoms with Gasteiger partial charge in [-0.3, -0.25) is 4.79 Å². The number of oxazole rings is 1. The number of nitrogens with zero attached hydrogens (tertiary/aromatic N) is 3. The molecule has 0 atom stereocenters. The molecular weight excluding hydrogens is 268 g/mol. The van der Waals surface area contributed by atoms with Gasteiger partial charge in [-0.2, -0.15) is 4.98 Å². The number of amides is 1. The summed E-state index contributed by atoms with van der Waals surface area (Å²) >= 11 is 0. The number of piperidine rings is 1. The third-order valence-corrected chi connectivity index (χ3v) is 4.14. The van der Waals surface area contributed by atoms with E-state index in [-0.39, 0.29) is 0 Å². The lowest BCUT2D eigenvalue weighted by Crippen LogP contribution is -2.42. The molecule has 0 saturated carbocycles. The van der Waals surface area contributed by atoms with Crippen LogP contribution in [0.15, 0.2) is 22.6 Å². The van der Waals surface area contributed by atoms with Gasteiger partial charge in [0.15, 0.2) is 5.58 Å². The van der Waals surface area contributed by atoms with Crippen molar-refractivity contribution in [3.8, 4) is 0 Å². The third kappa shape index (κ3) is 2.58. The first-order chi connectivity index (χ1) is 10.1. The summed E-state index contributed by atoms with van der Waals surface area (Å²) in [6.45, 7) is 1.81. The van der Waals surface area contributed by atoms with E-state index in [1.165, 1.54) is 0 Å². The third-order valence-electron chi connectivity index (χ3n) is 4.14. The van der Waals surface area contributed by atoms with Gasteiger partial charge in [0.05, 0.1) is 5.56 Å². The van der Waals surface area contributed by atoms with Crippen LogP contribution in [-0.4, -0.2) is 49.0 Å². The Morgan fingerprint density at radius 1 is 1.38 bits per heavy atom. The first kappa shape index (κ1) is 13.9. The molecule has 1 aromatic heterocycles. The molecule has 2 N–H and O–H groups in total. The molecule has 1 aliphatic rings. The van der Waals surface area contributed by atoms with Gasteiger partial charge in [-0.15, -0.1) is 0 Å². The number of carbonyl (C=O) groups excluding carboxylic acids is 1. The Bertz CT molecular complexity index is 657. The molecule has 0 bridgehead atoms. The summed E-state index contributed by atoms with van der Waals surface area (Å²) in [5.41, 5.74) is 6.95. The second kappa shape index (κ2) is 5.37. The minimum Gasteiger partial charge on any atom is -0.423 e. The maximum atomic E-state index is 11.4. The van der Waals surface area contributed by atoms with Crippen LogP contribution >= 0.6 is 0 Å². The van der Waals surface area contributed by atoms with E-state index in [1.807, 2.05) is 6.07 Å². The van der Waals surface area contributed by atoms with Crippen molar-refractivity contribution >= 4 is 23.0 Å². The van der Waals surface area contributed by atoms with Crippen LogP contribution in [0.25, 0.3) is 11.1 Å². The van der Waals surface area contributed by atoms with Gasteiger partial charge < -0.3 is 20.0 Å². The predicted octanol–water partition coefficient (Wildman–Crippen LogP) is 1.46. The molecule has 0 spiro atoms. The van der Waals surface area contributed by atoms with Crippen molar-refractivity contribution in [2.24, 2.45) is 5.73 Å². The number of benzene rings is 1. The molecule has 1 amide bonds. The topological polar surface area (TPSA) is 75.6 Å². The van der Waals surface area contributed by atoms with Crippen LogP contribution in [0.5, 0.6) is 0 Å². The van der Waals surface area contributed by atoms with Crippen molar-refractivity contribution < 1.29 is 9.21 Å². The fourth-order valence-corrected chi connectivity index (χ4v) is 2.84. The van der Waals surface area contributed by atoms with E-state index in [0.29, 0.717) is 28.7 Å². The maximum Gasteiger partial charge on any atom is 0.298 e. The molecule has 0 unspecified atom stereocenters. The SMILES string of the molecule is CN(C)C1CCN(c2nc3c(C(N)=O)cccc3o2)CC1. The second-order valence-electron chi connectivity index (χ2n) is 5.69. The largest absolute Gasteiger partial charge is 0.423 e. The van der Waals surface area contributed by atoms with Crippen LogP contribution in [0.4, 0.5) is 6.01 Å². The molecule has 2 heterocycles. The number of para-hydroxylation sites is 1. The summed E-state index contributed by atoms with van der Waals surface area (Å²) in [7, 11) is 4.22. The fraction of sp³-hybridized carbons (Fsp3) is 0.467. The molecule has 3 rings (SSSR count). The first-order valence-corrected chi connectivity index (χ1v) is 7.17. The number of hydrogen-bond acceptors (Lipinski definition) is 5. The molecule has 1 aliphatic heterocycles. The van der Waals surface area contributed by atoms with E-state index >= 15 is 0 Å². The summed E-state index contributed by atoms with van der Waals surface area (Å²) in [6, 6.07) is 6.43. The van der Waals surface area contributed by atoms with Gasteiger partial charge in [0.1, 0.15) is 5.52 Å². The Hall–Kier alpha value is -2.08. The van der Waals surface area contributed by atoms with Gasteiger partial charge in [-0.25, -0.2) is 0 Å². The van der Waals surface area contributed by atoms with Gasteiger partial charge >= 0.3 is 0 Å². The Labute approximate surface area is 123 Å². The Kier molecular flexibility index (Phi) is 3.55. The minimum absolute atomic E-state index is 0.408. The van der Waals surface area contributed by atoms with Crippen LogP contribution in [0.2, 0.25) is 0 Å². The fourth-order valence-electron chi connectivity index (χ4n) is 2.84. The Morgan fingerprint density at radius 3 is 2.71 bits per heavy atom. The summed E-state index contributed by atoms with van der Waals surface area (Å²) in [5, 5.41) is 0. The van der Waals surface area contributed by atoms with E-state index < -0.39 is 5.91 Å². The molecule has 6 heteroatoms. The number of nitrogens with two attached hydrogens (primary N) is 1. The highest BCUT2D eigenvalue weighted by Crippen LogP contribution is 2.27. The zero-order valence-corrected chi connectivity index (χ0v) is 12.4. The van der Waals surface area contributed by atoms with Crippen LogP contribution in [0.3, 0.4) is 0 Å². The van der Waals surface area contributed by atoms with Gasteiger partial charge in [0, 0.05) is 19.1 Å². The van der Waals surface area contributed by atoms with Gasteiger partial charge in [0.2, 0.25) is 0 Å². The number of anilines is 1. The minimum atomic E-state index is -0.480. The lowest BCUT2D eigenvalue weighted by molar-refractivity contribution is 0.100. The number of aromatic nitrogens is 1. The van der Waals surface area contributed by atoms with E-state index in [4.69, 9.17) is 10.2 Å². The van der Waals surface area contributed by atoms with Crippen molar-refractivity contribution in [1.29, 1.82) is 0 Å². The van der Waals surface area contributed by atoms with Crippen LogP contribution in [0, 0.1) is 0 Å². The van der Waals surface area contributed by atoms with Crippen molar-refractivity contribution in [2.45, 2.75) is 18.9 Å². The summed E-state index contributed by atoms with van der Waals surface area (Å²) in [6.07, 6.45) is 2.16. The second-order valence-corrected chi connectivity index (χ2v) is 5.69. The van der Waals surface area contributed by atoms with Crippen LogP contribution < -0.4 is 10.6 Å². The number of primary amides is 1. The molecule has 6 nitrogen and oxygen atoms in total. The normalized spacial score (nSPS) is 16.8. The Morgan fingerprint density at radius 2 is 2.10 bits per heavy atom. The predicted molar refractivity (Wildman–Crippen MR) is 81.4 cm³/mol. The lowest BCUT2D eigenvalue weighted by Gasteiger charge is -2.34. The van der Waals surface area contributed by atoms with Crippen molar-refractivity contribution in [1.82, 2.24) is 9.88 Å². The molecule has 1 aromatic carbocycles. The highest BCUT2D eigenvalue weighted by Gasteiger charge is 2.24. The lowest BCUT2D eigenvalue weighted by atomic mass is 10.0. The van der Waals surface area contributed by atoms with Gasteiger partial charge in [0.25, 0.3) is 11.9 Å². The molecule has 0 radical (unpaired) electrons. The maximum absolute atomic E-state index is 11.4. The van der Waals surface area contributed by atoms with Gasteiger partial charge in [-0.1, -0.05) is 6.07 Å². The molecule has 0 aliphatic carbocycles. The van der Waals surface area contributed by atoms with Crippen LogP contribution in [0.1, 0.15) is 23.2 Å². The van der Waals surface area contributed by atoms with Crippen molar-refractivity contribution in [2.75, 3.05) is 32.1 Å². The molecule has 112 valence electrons. The first-order valence-electron chi connectivity index (χ1n) is 7.17. The zero-order valence-electron chi connectivity index (χ0n) is 12.4. The summed E-state index contributed by atoms with van der Waals surface area (Å²) in [4.78, 5) is 20.3. The number of hydrogen-bond donors (Lipinski definition) is 1. The monoisotopic (exact) mass is 288 g/mol. The highest BCUT2D eigenvalue weighted by atomic mass is 16.4. The van der Waals surface area contributed by atoms with Crippen LogP contribution in [-0.2, 0) is 0 Å². The molecule has 1 fully saturated rings. The van der Waals surface area contributed by atoms with E-state index in [0.717, 1.165) is 25.9 Å².